The quantitative estimate of drug-likeness (QED) is 0.124. The van der Waals surface area contributed by atoms with Gasteiger partial charge in [-0.1, -0.05) is 188 Å². The number of fused-ring (bicyclic) bond motifs is 7. The third-order valence-corrected chi connectivity index (χ3v) is 13.1. The van der Waals surface area contributed by atoms with E-state index in [1.54, 1.807) is 0 Å². The van der Waals surface area contributed by atoms with Gasteiger partial charge in [0.2, 0.25) is 0 Å². The van der Waals surface area contributed by atoms with E-state index in [0.29, 0.717) is 17.5 Å². The summed E-state index contributed by atoms with van der Waals surface area (Å²) in [5.41, 5.74) is 9.70. The first kappa shape index (κ1) is 35.2. The van der Waals surface area contributed by atoms with E-state index in [-0.39, 0.29) is 0 Å². The molecule has 12 aromatic rings. The summed E-state index contributed by atoms with van der Waals surface area (Å²) in [6.45, 7) is 0. The number of aromatic nitrogens is 3. The molecule has 0 atom stereocenters. The molecule has 0 spiro atoms. The van der Waals surface area contributed by atoms with Crippen LogP contribution in [0.4, 0.5) is 0 Å². The Morgan fingerprint density at radius 3 is 1.59 bits per heavy atom. The van der Waals surface area contributed by atoms with Gasteiger partial charge in [0.25, 0.3) is 0 Å². The molecule has 61 heavy (non-hydrogen) atoms. The van der Waals surface area contributed by atoms with Crippen molar-refractivity contribution in [3.63, 3.8) is 0 Å². The maximum atomic E-state index is 5.21. The highest BCUT2D eigenvalue weighted by atomic mass is 32.1. The first-order valence-corrected chi connectivity index (χ1v) is 21.4. The van der Waals surface area contributed by atoms with E-state index < -0.39 is 0 Å². The fourth-order valence-electron chi connectivity index (χ4n) is 8.94. The minimum atomic E-state index is 0.627. The summed E-state index contributed by atoms with van der Waals surface area (Å²) in [5, 5.41) is 10.0. The van der Waals surface area contributed by atoms with Gasteiger partial charge in [-0.15, -0.1) is 11.3 Å². The lowest BCUT2D eigenvalue weighted by Gasteiger charge is -2.15. The van der Waals surface area contributed by atoms with Crippen molar-refractivity contribution < 1.29 is 0 Å². The van der Waals surface area contributed by atoms with Crippen LogP contribution >= 0.6 is 11.3 Å². The fraction of sp³-hybridized carbons (Fsp3) is 0. The lowest BCUT2D eigenvalue weighted by molar-refractivity contribution is 1.07. The molecule has 284 valence electrons. The average Bonchev–Trinajstić information content (AvgIpc) is 3.71. The fourth-order valence-corrected chi connectivity index (χ4v) is 10.0. The molecule has 0 N–H and O–H groups in total. The lowest BCUT2D eigenvalue weighted by Crippen LogP contribution is -2.01. The Hall–Kier alpha value is -7.79. The summed E-state index contributed by atoms with van der Waals surface area (Å²) < 4.78 is 2.61. The summed E-state index contributed by atoms with van der Waals surface area (Å²) in [5.74, 6) is 1.89. The van der Waals surface area contributed by atoms with Crippen molar-refractivity contribution in [1.82, 2.24) is 15.0 Å². The number of hydrogen-bond acceptors (Lipinski definition) is 4. The van der Waals surface area contributed by atoms with E-state index in [4.69, 9.17) is 15.0 Å². The highest BCUT2D eigenvalue weighted by Gasteiger charge is 2.18. The first-order valence-electron chi connectivity index (χ1n) is 20.6. The standard InChI is InChI=1S/C57H35N3S/c1-2-12-37(13-3-1)44-16-8-9-20-49(44)57-59-55(40-26-22-36(23-27-40)42-31-33-53-51(34-42)47-19-10-11-21-52(47)61-53)58-56(60-57)41-28-24-39(25-29-41)54-46-18-7-5-15-43(46)35-50-45-17-6-4-14-38(45)30-32-48(50)54/h1-35H. The molecule has 10 aromatic carbocycles. The van der Waals surface area contributed by atoms with Crippen molar-refractivity contribution in [2.75, 3.05) is 0 Å². The molecule has 0 radical (unpaired) electrons. The zero-order chi connectivity index (χ0) is 40.3. The highest BCUT2D eigenvalue weighted by Crippen LogP contribution is 2.41. The van der Waals surface area contributed by atoms with Gasteiger partial charge in [0.15, 0.2) is 17.5 Å². The SMILES string of the molecule is c1ccc(-c2ccccc2-c2nc(-c3ccc(-c4ccc5sc6ccccc6c5c4)cc3)nc(-c3ccc(-c4c5ccccc5cc5c4ccc4ccccc45)cc3)n2)cc1. The van der Waals surface area contributed by atoms with E-state index in [2.05, 4.69) is 206 Å². The Balaban J connectivity index is 0.983. The number of nitrogens with zero attached hydrogens (tertiary/aromatic N) is 3. The maximum Gasteiger partial charge on any atom is 0.164 e. The molecule has 2 heterocycles. The van der Waals surface area contributed by atoms with E-state index in [1.165, 1.54) is 63.6 Å². The number of benzene rings is 10. The van der Waals surface area contributed by atoms with Crippen LogP contribution in [0.2, 0.25) is 0 Å². The predicted octanol–water partition coefficient (Wildman–Crippen LogP) is 15.7. The summed E-state index contributed by atoms with van der Waals surface area (Å²) in [7, 11) is 0. The van der Waals surface area contributed by atoms with E-state index in [9.17, 15) is 0 Å². The summed E-state index contributed by atoms with van der Waals surface area (Å²) in [6.07, 6.45) is 0. The van der Waals surface area contributed by atoms with Crippen LogP contribution in [0.1, 0.15) is 0 Å². The van der Waals surface area contributed by atoms with E-state index in [1.807, 2.05) is 17.4 Å². The number of thiophene rings is 1. The number of hydrogen-bond donors (Lipinski definition) is 0. The zero-order valence-electron chi connectivity index (χ0n) is 33.0. The van der Waals surface area contributed by atoms with Crippen LogP contribution in [0.25, 0.3) is 120 Å². The maximum absolute atomic E-state index is 5.21. The minimum absolute atomic E-state index is 0.627. The second-order valence-corrected chi connectivity index (χ2v) is 16.6. The summed E-state index contributed by atoms with van der Waals surface area (Å²) in [6, 6.07) is 75.8. The molecule has 0 saturated heterocycles. The molecular weight excluding hydrogens is 759 g/mol. The third kappa shape index (κ3) is 6.16. The van der Waals surface area contributed by atoms with Crippen LogP contribution < -0.4 is 0 Å². The van der Waals surface area contributed by atoms with Crippen LogP contribution in [0, 0.1) is 0 Å². The summed E-state index contributed by atoms with van der Waals surface area (Å²) in [4.78, 5) is 15.6. The molecule has 0 aliphatic heterocycles. The van der Waals surface area contributed by atoms with Gasteiger partial charge in [-0.25, -0.2) is 15.0 Å². The van der Waals surface area contributed by atoms with Crippen molar-refractivity contribution in [3.05, 3.63) is 212 Å². The minimum Gasteiger partial charge on any atom is -0.208 e. The zero-order valence-corrected chi connectivity index (χ0v) is 33.8. The monoisotopic (exact) mass is 793 g/mol. The summed E-state index contributed by atoms with van der Waals surface area (Å²) >= 11 is 1.84. The van der Waals surface area contributed by atoms with Crippen LogP contribution in [-0.2, 0) is 0 Å². The first-order chi connectivity index (χ1) is 30.2. The van der Waals surface area contributed by atoms with Crippen molar-refractivity contribution >= 4 is 63.8 Å². The Morgan fingerprint density at radius 2 is 0.820 bits per heavy atom. The van der Waals surface area contributed by atoms with Gasteiger partial charge >= 0.3 is 0 Å². The molecule has 0 amide bonds. The van der Waals surface area contributed by atoms with Crippen LogP contribution in [0.3, 0.4) is 0 Å². The van der Waals surface area contributed by atoms with Crippen molar-refractivity contribution in [3.8, 4) is 67.5 Å². The van der Waals surface area contributed by atoms with Gasteiger partial charge in [-0.2, -0.15) is 0 Å². The molecule has 0 fully saturated rings. The van der Waals surface area contributed by atoms with Crippen LogP contribution in [-0.4, -0.2) is 15.0 Å². The van der Waals surface area contributed by atoms with Crippen molar-refractivity contribution in [2.45, 2.75) is 0 Å². The highest BCUT2D eigenvalue weighted by molar-refractivity contribution is 7.25. The van der Waals surface area contributed by atoms with Gasteiger partial charge in [0.1, 0.15) is 0 Å². The smallest absolute Gasteiger partial charge is 0.164 e. The largest absolute Gasteiger partial charge is 0.208 e. The molecule has 0 bridgehead atoms. The Bertz CT molecular complexity index is 3630. The second-order valence-electron chi connectivity index (χ2n) is 15.5. The average molecular weight is 794 g/mol. The Morgan fingerprint density at radius 1 is 0.262 bits per heavy atom. The van der Waals surface area contributed by atoms with Crippen LogP contribution in [0.15, 0.2) is 212 Å². The third-order valence-electron chi connectivity index (χ3n) is 11.9. The molecule has 0 aliphatic rings. The molecular formula is C57H35N3S. The van der Waals surface area contributed by atoms with Crippen LogP contribution in [0.5, 0.6) is 0 Å². The van der Waals surface area contributed by atoms with Gasteiger partial charge in [0, 0.05) is 36.9 Å². The van der Waals surface area contributed by atoms with Gasteiger partial charge in [0.05, 0.1) is 0 Å². The topological polar surface area (TPSA) is 38.7 Å². The second kappa shape index (κ2) is 14.5. The Labute approximate surface area is 356 Å². The lowest BCUT2D eigenvalue weighted by atomic mass is 9.89. The van der Waals surface area contributed by atoms with Crippen molar-refractivity contribution in [1.29, 1.82) is 0 Å². The predicted molar refractivity (Wildman–Crippen MR) is 258 cm³/mol. The molecule has 0 aliphatic carbocycles. The molecule has 2 aromatic heterocycles. The molecule has 3 nitrogen and oxygen atoms in total. The van der Waals surface area contributed by atoms with Gasteiger partial charge in [-0.3, -0.25) is 0 Å². The van der Waals surface area contributed by atoms with E-state index in [0.717, 1.165) is 38.9 Å². The van der Waals surface area contributed by atoms with Gasteiger partial charge < -0.3 is 0 Å². The Kier molecular flexibility index (Phi) is 8.36. The van der Waals surface area contributed by atoms with Crippen molar-refractivity contribution in [2.24, 2.45) is 0 Å². The normalized spacial score (nSPS) is 11.6. The molecule has 12 rings (SSSR count). The molecule has 0 unspecified atom stereocenters. The van der Waals surface area contributed by atoms with E-state index >= 15 is 0 Å². The molecule has 4 heteroatoms. The molecule has 0 saturated carbocycles. The number of rotatable bonds is 6. The van der Waals surface area contributed by atoms with Gasteiger partial charge in [-0.05, 0) is 90.0 Å².